The molecule has 27 heavy (non-hydrogen) atoms. The number of rotatable bonds is 6. The van der Waals surface area contributed by atoms with Crippen LogP contribution in [0, 0.1) is 0 Å². The Labute approximate surface area is 170 Å². The van der Waals surface area contributed by atoms with E-state index in [0.29, 0.717) is 21.5 Å². The first-order chi connectivity index (χ1) is 13.2. The van der Waals surface area contributed by atoms with Gasteiger partial charge in [-0.2, -0.15) is 4.98 Å². The summed E-state index contributed by atoms with van der Waals surface area (Å²) in [5, 5.41) is 8.47. The molecule has 0 saturated carbocycles. The fourth-order valence-electron chi connectivity index (χ4n) is 2.77. The first-order valence-corrected chi connectivity index (χ1v) is 10.1. The van der Waals surface area contributed by atoms with Gasteiger partial charge in [-0.25, -0.2) is 9.97 Å². The topological polar surface area (TPSA) is 75.2 Å². The Balaban J connectivity index is 1.45. The molecule has 7 nitrogen and oxygen atoms in total. The van der Waals surface area contributed by atoms with Crippen LogP contribution in [0.5, 0.6) is 0 Å². The molecule has 1 saturated heterocycles. The van der Waals surface area contributed by atoms with E-state index in [2.05, 4.69) is 30.5 Å². The van der Waals surface area contributed by atoms with Crippen LogP contribution in [0.2, 0.25) is 10.0 Å². The minimum Gasteiger partial charge on any atom is -0.379 e. The summed E-state index contributed by atoms with van der Waals surface area (Å²) in [7, 11) is 0. The number of nitrogens with one attached hydrogen (secondary N) is 2. The quantitative estimate of drug-likeness (QED) is 0.621. The molecule has 0 bridgehead atoms. The molecule has 1 aromatic carbocycles. The fourth-order valence-corrected chi connectivity index (χ4v) is 3.96. The Kier molecular flexibility index (Phi) is 5.89. The van der Waals surface area contributed by atoms with Crippen LogP contribution >= 0.6 is 34.5 Å². The zero-order valence-electron chi connectivity index (χ0n) is 14.4. The SMILES string of the molecule is Clc1ccc(Nc2ncnc3nc(NCCN4CCOCC4)sc23)cc1Cl. The van der Waals surface area contributed by atoms with E-state index in [1.54, 1.807) is 12.1 Å². The maximum atomic E-state index is 6.09. The lowest BCUT2D eigenvalue weighted by molar-refractivity contribution is 0.0398. The van der Waals surface area contributed by atoms with Crippen LogP contribution in [-0.2, 0) is 4.74 Å². The predicted octanol–water partition coefficient (Wildman–Crippen LogP) is 3.88. The van der Waals surface area contributed by atoms with Crippen molar-refractivity contribution in [2.45, 2.75) is 0 Å². The van der Waals surface area contributed by atoms with Gasteiger partial charge < -0.3 is 15.4 Å². The highest BCUT2D eigenvalue weighted by molar-refractivity contribution is 7.22. The largest absolute Gasteiger partial charge is 0.379 e. The highest BCUT2D eigenvalue weighted by Gasteiger charge is 2.13. The minimum absolute atomic E-state index is 0.488. The molecule has 0 spiro atoms. The summed E-state index contributed by atoms with van der Waals surface area (Å²) in [4.78, 5) is 15.5. The highest BCUT2D eigenvalue weighted by atomic mass is 35.5. The maximum Gasteiger partial charge on any atom is 0.185 e. The lowest BCUT2D eigenvalue weighted by Crippen LogP contribution is -2.38. The molecule has 0 radical (unpaired) electrons. The summed E-state index contributed by atoms with van der Waals surface area (Å²) in [6.07, 6.45) is 1.50. The molecule has 142 valence electrons. The zero-order chi connectivity index (χ0) is 18.6. The van der Waals surface area contributed by atoms with Gasteiger partial charge in [-0.05, 0) is 18.2 Å². The second-order valence-electron chi connectivity index (χ2n) is 6.03. The van der Waals surface area contributed by atoms with E-state index in [4.69, 9.17) is 27.9 Å². The van der Waals surface area contributed by atoms with E-state index in [0.717, 1.165) is 54.9 Å². The number of morpholine rings is 1. The minimum atomic E-state index is 0.488. The van der Waals surface area contributed by atoms with Gasteiger partial charge in [0.25, 0.3) is 0 Å². The molecular formula is C17H18Cl2N6OS. The van der Waals surface area contributed by atoms with Crippen LogP contribution in [0.25, 0.3) is 10.3 Å². The third-order valence-electron chi connectivity index (χ3n) is 4.18. The number of benzene rings is 1. The zero-order valence-corrected chi connectivity index (χ0v) is 16.7. The Morgan fingerprint density at radius 1 is 1.15 bits per heavy atom. The fraction of sp³-hybridized carbons (Fsp3) is 0.353. The van der Waals surface area contributed by atoms with Gasteiger partial charge >= 0.3 is 0 Å². The Morgan fingerprint density at radius 2 is 2.00 bits per heavy atom. The molecule has 3 heterocycles. The van der Waals surface area contributed by atoms with Crippen molar-refractivity contribution in [3.63, 3.8) is 0 Å². The van der Waals surface area contributed by atoms with Crippen LogP contribution in [0.3, 0.4) is 0 Å². The van der Waals surface area contributed by atoms with Gasteiger partial charge in [0.2, 0.25) is 0 Å². The smallest absolute Gasteiger partial charge is 0.185 e. The number of nitrogens with zero attached hydrogens (tertiary/aromatic N) is 4. The van der Waals surface area contributed by atoms with Gasteiger partial charge in [0.15, 0.2) is 16.6 Å². The van der Waals surface area contributed by atoms with Crippen LogP contribution in [0.15, 0.2) is 24.5 Å². The number of hydrogen-bond donors (Lipinski definition) is 2. The van der Waals surface area contributed by atoms with Gasteiger partial charge in [0, 0.05) is 31.9 Å². The van der Waals surface area contributed by atoms with E-state index >= 15 is 0 Å². The lowest BCUT2D eigenvalue weighted by Gasteiger charge is -2.26. The maximum absolute atomic E-state index is 6.09. The number of anilines is 3. The molecule has 1 fully saturated rings. The first kappa shape index (κ1) is 18.6. The summed E-state index contributed by atoms with van der Waals surface area (Å²) >= 11 is 13.6. The van der Waals surface area contributed by atoms with E-state index in [1.165, 1.54) is 17.7 Å². The van der Waals surface area contributed by atoms with Gasteiger partial charge in [0.1, 0.15) is 11.0 Å². The van der Waals surface area contributed by atoms with E-state index in [1.807, 2.05) is 6.07 Å². The number of ether oxygens (including phenoxy) is 1. The molecule has 2 aromatic heterocycles. The molecule has 4 rings (SSSR count). The standard InChI is InChI=1S/C17H18Cl2N6OS/c18-12-2-1-11(9-13(12)19)23-15-14-16(22-10-21-15)24-17(27-14)20-3-4-25-5-7-26-8-6-25/h1-2,9-10H,3-8H2,(H2,20,21,22,23,24). The lowest BCUT2D eigenvalue weighted by atomic mass is 10.3. The Morgan fingerprint density at radius 3 is 2.81 bits per heavy atom. The third kappa shape index (κ3) is 4.59. The molecule has 0 unspecified atom stereocenters. The monoisotopic (exact) mass is 424 g/mol. The van der Waals surface area contributed by atoms with Crippen molar-refractivity contribution < 1.29 is 4.74 Å². The summed E-state index contributed by atoms with van der Waals surface area (Å²) < 4.78 is 6.26. The normalized spacial score (nSPS) is 15.2. The van der Waals surface area contributed by atoms with Crippen LogP contribution in [0.1, 0.15) is 0 Å². The molecule has 0 aliphatic carbocycles. The molecule has 2 N–H and O–H groups in total. The van der Waals surface area contributed by atoms with Gasteiger partial charge in [-0.15, -0.1) is 0 Å². The van der Waals surface area contributed by atoms with Crippen molar-refractivity contribution in [3.8, 4) is 0 Å². The average molecular weight is 425 g/mol. The average Bonchev–Trinajstić information content (AvgIpc) is 3.10. The van der Waals surface area contributed by atoms with Crippen LogP contribution in [-0.4, -0.2) is 59.2 Å². The number of thiazole rings is 1. The van der Waals surface area contributed by atoms with Crippen LogP contribution in [0.4, 0.5) is 16.6 Å². The first-order valence-electron chi connectivity index (χ1n) is 8.56. The molecule has 0 amide bonds. The van der Waals surface area contributed by atoms with Gasteiger partial charge in [-0.3, -0.25) is 4.90 Å². The number of aromatic nitrogens is 3. The van der Waals surface area contributed by atoms with Crippen molar-refractivity contribution in [1.29, 1.82) is 0 Å². The van der Waals surface area contributed by atoms with E-state index in [9.17, 15) is 0 Å². The second-order valence-corrected chi connectivity index (χ2v) is 7.84. The number of hydrogen-bond acceptors (Lipinski definition) is 8. The summed E-state index contributed by atoms with van der Waals surface area (Å²) in [6.45, 7) is 5.35. The summed E-state index contributed by atoms with van der Waals surface area (Å²) in [5.41, 5.74) is 1.46. The summed E-state index contributed by atoms with van der Waals surface area (Å²) in [5.74, 6) is 0.692. The van der Waals surface area contributed by atoms with Crippen molar-refractivity contribution in [3.05, 3.63) is 34.6 Å². The van der Waals surface area contributed by atoms with Crippen molar-refractivity contribution in [2.75, 3.05) is 50.0 Å². The number of halogens is 2. The predicted molar refractivity (Wildman–Crippen MR) is 111 cm³/mol. The Hall–Kier alpha value is -1.71. The number of fused-ring (bicyclic) bond motifs is 1. The second kappa shape index (κ2) is 8.53. The van der Waals surface area contributed by atoms with Gasteiger partial charge in [0.05, 0.1) is 23.3 Å². The molecule has 10 heteroatoms. The van der Waals surface area contributed by atoms with E-state index in [-0.39, 0.29) is 0 Å². The highest BCUT2D eigenvalue weighted by Crippen LogP contribution is 2.32. The molecule has 0 atom stereocenters. The Bertz CT molecular complexity index is 931. The van der Waals surface area contributed by atoms with Crippen LogP contribution < -0.4 is 10.6 Å². The van der Waals surface area contributed by atoms with E-state index < -0.39 is 0 Å². The third-order valence-corrected chi connectivity index (χ3v) is 5.93. The van der Waals surface area contributed by atoms with Gasteiger partial charge in [-0.1, -0.05) is 34.5 Å². The van der Waals surface area contributed by atoms with Crippen molar-refractivity contribution in [1.82, 2.24) is 19.9 Å². The molecule has 1 aliphatic rings. The molecule has 3 aromatic rings. The summed E-state index contributed by atoms with van der Waals surface area (Å²) in [6, 6.07) is 5.36. The molecule has 1 aliphatic heterocycles. The molecular weight excluding hydrogens is 407 g/mol. The van der Waals surface area contributed by atoms with Crippen molar-refractivity contribution in [2.24, 2.45) is 0 Å². The van der Waals surface area contributed by atoms with Crippen molar-refractivity contribution >= 4 is 61.5 Å².